The molecule has 0 spiro atoms. The zero-order valence-corrected chi connectivity index (χ0v) is 8.86. The maximum Gasteiger partial charge on any atom is 0.254 e. The molecule has 0 unspecified atom stereocenters. The first-order chi connectivity index (χ1) is 7.25. The number of nitrogens with one attached hydrogen (secondary N) is 1. The monoisotopic (exact) mass is 203 g/mol. The molecule has 1 saturated carbocycles. The summed E-state index contributed by atoms with van der Waals surface area (Å²) >= 11 is 0. The fourth-order valence-electron chi connectivity index (χ4n) is 1.62. The van der Waals surface area contributed by atoms with E-state index in [1.807, 2.05) is 6.92 Å². The third kappa shape index (κ3) is 1.35. The predicted octanol–water partition coefficient (Wildman–Crippen LogP) is 1.32. The van der Waals surface area contributed by atoms with Crippen LogP contribution >= 0.6 is 0 Å². The van der Waals surface area contributed by atoms with E-state index < -0.39 is 0 Å². The lowest BCUT2D eigenvalue weighted by Gasteiger charge is -2.11. The molecule has 1 aliphatic rings. The van der Waals surface area contributed by atoms with Gasteiger partial charge in [-0.1, -0.05) is 0 Å². The Morgan fingerprint density at radius 2 is 2.20 bits per heavy atom. The van der Waals surface area contributed by atoms with Crippen molar-refractivity contribution in [3.05, 3.63) is 17.6 Å². The normalized spacial score (nSPS) is 15.9. The molecule has 15 heavy (non-hydrogen) atoms. The second kappa shape index (κ2) is 2.92. The van der Waals surface area contributed by atoms with Crippen molar-refractivity contribution in [3.63, 3.8) is 0 Å². The highest BCUT2D eigenvalue weighted by Crippen LogP contribution is 2.27. The Morgan fingerprint density at radius 3 is 2.93 bits per heavy atom. The number of hydrogen-bond acceptors (Lipinski definition) is 4. The van der Waals surface area contributed by atoms with Gasteiger partial charge in [-0.05, 0) is 26.7 Å². The molecule has 5 nitrogen and oxygen atoms in total. The number of aryl methyl sites for hydroxylation is 1. The molecule has 3 rings (SSSR count). The number of anilines is 1. The van der Waals surface area contributed by atoms with Gasteiger partial charge in [-0.15, -0.1) is 0 Å². The zero-order valence-electron chi connectivity index (χ0n) is 8.86. The molecule has 5 heteroatoms. The van der Waals surface area contributed by atoms with Crippen LogP contribution in [0.3, 0.4) is 0 Å². The summed E-state index contributed by atoms with van der Waals surface area (Å²) in [5.41, 5.74) is 2.17. The van der Waals surface area contributed by atoms with Crippen LogP contribution in [0.25, 0.3) is 5.78 Å². The minimum Gasteiger partial charge on any atom is -0.367 e. The average Bonchev–Trinajstić information content (AvgIpc) is 2.92. The van der Waals surface area contributed by atoms with Gasteiger partial charge in [-0.3, -0.25) is 0 Å². The van der Waals surface area contributed by atoms with Crippen molar-refractivity contribution >= 4 is 11.6 Å². The van der Waals surface area contributed by atoms with Crippen LogP contribution in [0.5, 0.6) is 0 Å². The van der Waals surface area contributed by atoms with Crippen molar-refractivity contribution in [2.45, 2.75) is 32.7 Å². The van der Waals surface area contributed by atoms with Crippen LogP contribution in [0.2, 0.25) is 0 Å². The topological polar surface area (TPSA) is 55.1 Å². The molecular weight excluding hydrogens is 190 g/mol. The first-order valence-electron chi connectivity index (χ1n) is 5.19. The van der Waals surface area contributed by atoms with Crippen LogP contribution in [0, 0.1) is 13.8 Å². The van der Waals surface area contributed by atoms with Crippen LogP contribution in [0.1, 0.15) is 24.1 Å². The molecule has 2 heterocycles. The molecule has 0 amide bonds. The van der Waals surface area contributed by atoms with E-state index in [4.69, 9.17) is 0 Å². The minimum atomic E-state index is 0.609. The fraction of sp³-hybridized carbons (Fsp3) is 0.500. The number of nitrogens with zero attached hydrogens (tertiary/aromatic N) is 4. The highest BCUT2D eigenvalue weighted by molar-refractivity contribution is 5.52. The summed E-state index contributed by atoms with van der Waals surface area (Å²) in [7, 11) is 0. The Kier molecular flexibility index (Phi) is 1.68. The summed E-state index contributed by atoms with van der Waals surface area (Å²) in [6.45, 7) is 4.07. The molecule has 0 radical (unpaired) electrons. The number of rotatable bonds is 2. The van der Waals surface area contributed by atoms with E-state index in [1.54, 1.807) is 10.8 Å². The smallest absolute Gasteiger partial charge is 0.254 e. The molecule has 78 valence electrons. The molecule has 0 bridgehead atoms. The summed E-state index contributed by atoms with van der Waals surface area (Å²) < 4.78 is 1.78. The van der Waals surface area contributed by atoms with Crippen molar-refractivity contribution in [2.75, 3.05) is 5.32 Å². The van der Waals surface area contributed by atoms with Gasteiger partial charge in [0, 0.05) is 17.3 Å². The van der Waals surface area contributed by atoms with Crippen molar-refractivity contribution in [3.8, 4) is 0 Å². The quantitative estimate of drug-likeness (QED) is 0.799. The minimum absolute atomic E-state index is 0.609. The Bertz CT molecular complexity index is 512. The van der Waals surface area contributed by atoms with E-state index in [0.29, 0.717) is 11.8 Å². The van der Waals surface area contributed by atoms with E-state index >= 15 is 0 Å². The third-order valence-corrected chi connectivity index (χ3v) is 2.83. The molecule has 0 saturated heterocycles. The second-order valence-corrected chi connectivity index (χ2v) is 4.06. The average molecular weight is 203 g/mol. The summed E-state index contributed by atoms with van der Waals surface area (Å²) in [5.74, 6) is 1.71. The summed E-state index contributed by atoms with van der Waals surface area (Å²) in [5, 5.41) is 7.66. The van der Waals surface area contributed by atoms with Crippen LogP contribution in [0.15, 0.2) is 6.33 Å². The van der Waals surface area contributed by atoms with Gasteiger partial charge in [0.2, 0.25) is 0 Å². The van der Waals surface area contributed by atoms with Gasteiger partial charge in [0.15, 0.2) is 0 Å². The first-order valence-corrected chi connectivity index (χ1v) is 5.19. The van der Waals surface area contributed by atoms with Crippen molar-refractivity contribution in [1.82, 2.24) is 19.6 Å². The molecule has 1 fully saturated rings. The fourth-order valence-corrected chi connectivity index (χ4v) is 1.62. The van der Waals surface area contributed by atoms with Crippen molar-refractivity contribution in [1.29, 1.82) is 0 Å². The second-order valence-electron chi connectivity index (χ2n) is 4.06. The maximum absolute atomic E-state index is 4.37. The van der Waals surface area contributed by atoms with Gasteiger partial charge >= 0.3 is 0 Å². The Labute approximate surface area is 87.5 Å². The van der Waals surface area contributed by atoms with Crippen molar-refractivity contribution in [2.24, 2.45) is 0 Å². The van der Waals surface area contributed by atoms with Crippen LogP contribution in [0.4, 0.5) is 5.82 Å². The maximum atomic E-state index is 4.37. The first kappa shape index (κ1) is 8.64. The van der Waals surface area contributed by atoms with E-state index in [-0.39, 0.29) is 0 Å². The van der Waals surface area contributed by atoms with Gasteiger partial charge < -0.3 is 5.32 Å². The summed E-state index contributed by atoms with van der Waals surface area (Å²) in [6, 6.07) is 0.609. The molecule has 0 atom stereocenters. The number of hydrogen-bond donors (Lipinski definition) is 1. The zero-order chi connectivity index (χ0) is 10.4. The highest BCUT2D eigenvalue weighted by atomic mass is 15.4. The van der Waals surface area contributed by atoms with Crippen molar-refractivity contribution < 1.29 is 0 Å². The lowest BCUT2D eigenvalue weighted by molar-refractivity contribution is 0.902. The standard InChI is InChI=1S/C10H13N5/c1-6-7(2)13-10-11-5-12-15(10)9(6)14-8-3-4-8/h5,8,14H,3-4H2,1-2H3. The van der Waals surface area contributed by atoms with Gasteiger partial charge in [-0.25, -0.2) is 4.98 Å². The van der Waals surface area contributed by atoms with E-state index in [2.05, 4.69) is 27.3 Å². The third-order valence-electron chi connectivity index (χ3n) is 2.83. The van der Waals surface area contributed by atoms with E-state index in [0.717, 1.165) is 17.1 Å². The Morgan fingerprint density at radius 1 is 1.40 bits per heavy atom. The van der Waals surface area contributed by atoms with Gasteiger partial charge in [0.25, 0.3) is 5.78 Å². The van der Waals surface area contributed by atoms with E-state index in [1.165, 1.54) is 12.8 Å². The number of aromatic nitrogens is 4. The Balaban J connectivity index is 2.20. The lowest BCUT2D eigenvalue weighted by atomic mass is 10.2. The molecule has 1 aliphatic carbocycles. The van der Waals surface area contributed by atoms with Crippen LogP contribution in [-0.4, -0.2) is 25.6 Å². The summed E-state index contributed by atoms with van der Waals surface area (Å²) in [6.07, 6.45) is 4.04. The van der Waals surface area contributed by atoms with Gasteiger partial charge in [-0.2, -0.15) is 14.6 Å². The Hall–Kier alpha value is -1.65. The highest BCUT2D eigenvalue weighted by Gasteiger charge is 2.23. The predicted molar refractivity (Wildman–Crippen MR) is 56.9 cm³/mol. The summed E-state index contributed by atoms with van der Waals surface area (Å²) in [4.78, 5) is 8.48. The molecule has 0 aliphatic heterocycles. The van der Waals surface area contributed by atoms with Crippen LogP contribution < -0.4 is 5.32 Å². The van der Waals surface area contributed by atoms with E-state index in [9.17, 15) is 0 Å². The molecule has 1 N–H and O–H groups in total. The van der Waals surface area contributed by atoms with Gasteiger partial charge in [0.05, 0.1) is 0 Å². The molecule has 0 aromatic carbocycles. The molecular formula is C10H13N5. The number of fused-ring (bicyclic) bond motifs is 1. The van der Waals surface area contributed by atoms with Crippen LogP contribution in [-0.2, 0) is 0 Å². The molecule has 2 aromatic heterocycles. The largest absolute Gasteiger partial charge is 0.367 e. The molecule has 2 aromatic rings. The lowest BCUT2D eigenvalue weighted by Crippen LogP contribution is -2.11. The SMILES string of the molecule is Cc1nc2ncnn2c(NC2CC2)c1C. The van der Waals surface area contributed by atoms with Gasteiger partial charge in [0.1, 0.15) is 12.1 Å².